The zero-order chi connectivity index (χ0) is 14.8. The zero-order valence-electron chi connectivity index (χ0n) is 12.6. The molecule has 3 N–H and O–H groups in total. The van der Waals surface area contributed by atoms with Crippen LogP contribution in [0.5, 0.6) is 0 Å². The van der Waals surface area contributed by atoms with Crippen molar-refractivity contribution < 1.29 is 4.79 Å². The smallest absolute Gasteiger partial charge is 0.222 e. The van der Waals surface area contributed by atoms with Crippen molar-refractivity contribution >= 4 is 11.7 Å². The molecule has 21 heavy (non-hydrogen) atoms. The summed E-state index contributed by atoms with van der Waals surface area (Å²) in [4.78, 5) is 18.2. The molecule has 1 aliphatic carbocycles. The SMILES string of the molecule is CC1CCC(C(N)=O)CN1c1ccc(CNC2CC2)cn1. The molecule has 114 valence electrons. The first-order valence-electron chi connectivity index (χ1n) is 7.88. The van der Waals surface area contributed by atoms with Crippen molar-refractivity contribution in [3.05, 3.63) is 23.9 Å². The number of primary amides is 1. The van der Waals surface area contributed by atoms with Crippen LogP contribution in [0.2, 0.25) is 0 Å². The highest BCUT2D eigenvalue weighted by atomic mass is 16.1. The van der Waals surface area contributed by atoms with Crippen molar-refractivity contribution in [1.82, 2.24) is 10.3 Å². The number of carbonyl (C=O) groups excluding carboxylic acids is 1. The van der Waals surface area contributed by atoms with Gasteiger partial charge in [-0.15, -0.1) is 0 Å². The van der Waals surface area contributed by atoms with Crippen molar-refractivity contribution in [3.8, 4) is 0 Å². The normalized spacial score (nSPS) is 25.9. The van der Waals surface area contributed by atoms with Gasteiger partial charge in [0.2, 0.25) is 5.91 Å². The van der Waals surface area contributed by atoms with Crippen LogP contribution in [0.15, 0.2) is 18.3 Å². The van der Waals surface area contributed by atoms with Gasteiger partial charge in [0, 0.05) is 31.4 Å². The molecule has 5 nitrogen and oxygen atoms in total. The first kappa shape index (κ1) is 14.3. The summed E-state index contributed by atoms with van der Waals surface area (Å²) in [5.74, 6) is 0.694. The van der Waals surface area contributed by atoms with Gasteiger partial charge in [0.15, 0.2) is 0 Å². The van der Waals surface area contributed by atoms with Gasteiger partial charge in [-0.3, -0.25) is 4.79 Å². The Labute approximate surface area is 125 Å². The molecule has 5 heteroatoms. The van der Waals surface area contributed by atoms with Gasteiger partial charge in [0.1, 0.15) is 5.82 Å². The van der Waals surface area contributed by atoms with Gasteiger partial charge in [0.05, 0.1) is 5.92 Å². The van der Waals surface area contributed by atoms with Crippen LogP contribution in [-0.2, 0) is 11.3 Å². The monoisotopic (exact) mass is 288 g/mol. The summed E-state index contributed by atoms with van der Waals surface area (Å²) in [7, 11) is 0. The molecule has 0 radical (unpaired) electrons. The van der Waals surface area contributed by atoms with E-state index in [-0.39, 0.29) is 11.8 Å². The standard InChI is InChI=1S/C16H24N4O/c1-11-2-4-13(16(17)21)10-20(11)15-7-3-12(9-19-15)8-18-14-5-6-14/h3,7,9,11,13-14,18H,2,4-6,8,10H2,1H3,(H2,17,21). The Hall–Kier alpha value is -1.62. The topological polar surface area (TPSA) is 71.2 Å². The van der Waals surface area contributed by atoms with E-state index in [0.29, 0.717) is 18.6 Å². The first-order chi connectivity index (χ1) is 10.1. The average Bonchev–Trinajstić information content (AvgIpc) is 3.30. The van der Waals surface area contributed by atoms with E-state index in [1.807, 2.05) is 6.20 Å². The number of hydrogen-bond donors (Lipinski definition) is 2. The number of carbonyl (C=O) groups is 1. The van der Waals surface area contributed by atoms with Crippen molar-refractivity contribution in [3.63, 3.8) is 0 Å². The van der Waals surface area contributed by atoms with Crippen molar-refractivity contribution in [2.75, 3.05) is 11.4 Å². The predicted octanol–water partition coefficient (Wildman–Crippen LogP) is 1.42. The van der Waals surface area contributed by atoms with Crippen molar-refractivity contribution in [2.45, 2.75) is 51.2 Å². The molecule has 1 aromatic rings. The van der Waals surface area contributed by atoms with Gasteiger partial charge < -0.3 is 16.0 Å². The van der Waals surface area contributed by atoms with Gasteiger partial charge in [-0.05, 0) is 44.2 Å². The van der Waals surface area contributed by atoms with E-state index in [1.165, 1.54) is 18.4 Å². The number of rotatable bonds is 5. The third-order valence-electron chi connectivity index (χ3n) is 4.56. The molecular weight excluding hydrogens is 264 g/mol. The number of nitrogens with zero attached hydrogens (tertiary/aromatic N) is 2. The molecule has 1 aromatic heterocycles. The van der Waals surface area contributed by atoms with Crippen LogP contribution in [0.25, 0.3) is 0 Å². The molecule has 1 saturated heterocycles. The van der Waals surface area contributed by atoms with E-state index in [0.717, 1.165) is 25.2 Å². The highest BCUT2D eigenvalue weighted by Crippen LogP contribution is 2.26. The molecule has 1 saturated carbocycles. The summed E-state index contributed by atoms with van der Waals surface area (Å²) in [5.41, 5.74) is 6.67. The lowest BCUT2D eigenvalue weighted by molar-refractivity contribution is -0.122. The zero-order valence-corrected chi connectivity index (χ0v) is 12.6. The molecule has 1 amide bonds. The largest absolute Gasteiger partial charge is 0.369 e. The summed E-state index contributed by atoms with van der Waals surface area (Å²) < 4.78 is 0. The molecule has 2 heterocycles. The lowest BCUT2D eigenvalue weighted by atomic mass is 9.93. The van der Waals surface area contributed by atoms with Gasteiger partial charge in [-0.25, -0.2) is 4.98 Å². The number of hydrogen-bond acceptors (Lipinski definition) is 4. The molecule has 2 unspecified atom stereocenters. The van der Waals surface area contributed by atoms with Crippen LogP contribution >= 0.6 is 0 Å². The molecule has 1 aliphatic heterocycles. The van der Waals surface area contributed by atoms with Crippen molar-refractivity contribution in [2.24, 2.45) is 11.7 Å². The first-order valence-corrected chi connectivity index (χ1v) is 7.88. The number of aromatic nitrogens is 1. The lowest BCUT2D eigenvalue weighted by Crippen LogP contribution is -2.46. The highest BCUT2D eigenvalue weighted by molar-refractivity contribution is 5.77. The van der Waals surface area contributed by atoms with Gasteiger partial charge in [-0.1, -0.05) is 6.07 Å². The average molecular weight is 288 g/mol. The Balaban J connectivity index is 1.64. The number of nitrogens with two attached hydrogens (primary N) is 1. The van der Waals surface area contributed by atoms with E-state index in [4.69, 9.17) is 5.73 Å². The van der Waals surface area contributed by atoms with Crippen LogP contribution < -0.4 is 16.0 Å². The van der Waals surface area contributed by atoms with Crippen LogP contribution in [0.3, 0.4) is 0 Å². The maximum Gasteiger partial charge on any atom is 0.222 e. The third kappa shape index (κ3) is 3.53. The Morgan fingerprint density at radius 2 is 2.19 bits per heavy atom. The molecule has 0 spiro atoms. The lowest BCUT2D eigenvalue weighted by Gasteiger charge is -2.37. The van der Waals surface area contributed by atoms with Crippen LogP contribution in [0, 0.1) is 5.92 Å². The number of pyridine rings is 1. The number of anilines is 1. The Kier molecular flexibility index (Phi) is 4.10. The van der Waals surface area contributed by atoms with E-state index in [1.54, 1.807) is 0 Å². The van der Waals surface area contributed by atoms with Gasteiger partial charge in [-0.2, -0.15) is 0 Å². The van der Waals surface area contributed by atoms with Gasteiger partial charge >= 0.3 is 0 Å². The van der Waals surface area contributed by atoms with Crippen LogP contribution in [0.1, 0.15) is 38.2 Å². The molecule has 2 fully saturated rings. The van der Waals surface area contributed by atoms with Crippen LogP contribution in [-0.4, -0.2) is 29.5 Å². The Bertz CT molecular complexity index is 498. The maximum atomic E-state index is 11.4. The van der Waals surface area contributed by atoms with E-state index < -0.39 is 0 Å². The second-order valence-corrected chi connectivity index (χ2v) is 6.36. The fourth-order valence-corrected chi connectivity index (χ4v) is 2.90. The quantitative estimate of drug-likeness (QED) is 0.859. The summed E-state index contributed by atoms with van der Waals surface area (Å²) >= 11 is 0. The Morgan fingerprint density at radius 3 is 2.81 bits per heavy atom. The summed E-state index contributed by atoms with van der Waals surface area (Å²) in [5, 5.41) is 3.49. The van der Waals surface area contributed by atoms with Crippen molar-refractivity contribution in [1.29, 1.82) is 0 Å². The summed E-state index contributed by atoms with van der Waals surface area (Å²) in [6.07, 6.45) is 6.40. The minimum atomic E-state index is -0.197. The summed E-state index contributed by atoms with van der Waals surface area (Å²) in [6, 6.07) is 5.30. The molecule has 2 atom stereocenters. The van der Waals surface area contributed by atoms with Gasteiger partial charge in [0.25, 0.3) is 0 Å². The fourth-order valence-electron chi connectivity index (χ4n) is 2.90. The molecule has 0 bridgehead atoms. The predicted molar refractivity (Wildman–Crippen MR) is 82.8 cm³/mol. The molecule has 0 aromatic carbocycles. The minimum Gasteiger partial charge on any atom is -0.369 e. The summed E-state index contributed by atoms with van der Waals surface area (Å²) in [6.45, 7) is 3.75. The molecule has 3 rings (SSSR count). The second kappa shape index (κ2) is 6.02. The maximum absolute atomic E-state index is 11.4. The van der Waals surface area contributed by atoms with E-state index in [9.17, 15) is 4.79 Å². The van der Waals surface area contributed by atoms with Crippen LogP contribution in [0.4, 0.5) is 5.82 Å². The number of amides is 1. The fraction of sp³-hybridized carbons (Fsp3) is 0.625. The third-order valence-corrected chi connectivity index (χ3v) is 4.56. The van der Waals surface area contributed by atoms with E-state index >= 15 is 0 Å². The highest BCUT2D eigenvalue weighted by Gasteiger charge is 2.29. The Morgan fingerprint density at radius 1 is 1.38 bits per heavy atom. The number of piperidine rings is 1. The van der Waals surface area contributed by atoms with E-state index in [2.05, 4.69) is 34.3 Å². The molecule has 2 aliphatic rings. The number of nitrogens with one attached hydrogen (secondary N) is 1. The second-order valence-electron chi connectivity index (χ2n) is 6.36. The minimum absolute atomic E-state index is 0.0563. The molecular formula is C16H24N4O.